The van der Waals surface area contributed by atoms with Crippen LogP contribution in [0.5, 0.6) is 5.75 Å². The maximum absolute atomic E-state index is 14.1. The van der Waals surface area contributed by atoms with Crippen molar-refractivity contribution in [2.75, 3.05) is 19.0 Å². The molecule has 3 amide bonds. The van der Waals surface area contributed by atoms with Gasteiger partial charge in [0.2, 0.25) is 0 Å². The third-order valence-corrected chi connectivity index (χ3v) is 7.24. The molecule has 12 heteroatoms. The minimum atomic E-state index is -1.56. The number of aliphatic hydroxyl groups excluding tert-OH is 1. The van der Waals surface area contributed by atoms with Crippen LogP contribution in [-0.2, 0) is 13.0 Å². The molecule has 4 rings (SSSR count). The summed E-state index contributed by atoms with van der Waals surface area (Å²) in [6.07, 6.45) is -3.19. The number of carbonyl (C=O) groups excluding carboxylic acids is 3. The number of aliphatic hydroxyl groups is 1. The zero-order valence-electron chi connectivity index (χ0n) is 25.6. The van der Waals surface area contributed by atoms with E-state index in [0.717, 1.165) is 17.0 Å². The van der Waals surface area contributed by atoms with Crippen LogP contribution in [-0.4, -0.2) is 64.6 Å². The molecule has 0 heterocycles. The van der Waals surface area contributed by atoms with Crippen molar-refractivity contribution in [3.05, 3.63) is 130 Å². The van der Waals surface area contributed by atoms with Crippen molar-refractivity contribution in [1.82, 2.24) is 10.2 Å². The molecule has 4 aromatic rings. The van der Waals surface area contributed by atoms with Gasteiger partial charge in [-0.15, -0.1) is 0 Å². The summed E-state index contributed by atoms with van der Waals surface area (Å²) < 4.78 is 33.3. The van der Waals surface area contributed by atoms with Crippen molar-refractivity contribution < 1.29 is 42.9 Å². The molecular weight excluding hydrogens is 612 g/mol. The van der Waals surface area contributed by atoms with Gasteiger partial charge in [0.25, 0.3) is 11.8 Å². The first-order valence-electron chi connectivity index (χ1n) is 14.5. The normalized spacial score (nSPS) is 12.0. The Morgan fingerprint density at radius 2 is 1.49 bits per heavy atom. The SMILES string of the molecule is COc1cccc(CN(C[C@@H](O)[C@H](Cc2cc(F)cc(F)c2)NC(=O)c2cc(NC(=O)c3ccccc3)cc(C(C)=O)c2)C(=O)O)c1. The lowest BCUT2D eigenvalue weighted by Crippen LogP contribution is -2.50. The van der Waals surface area contributed by atoms with Crippen LogP contribution in [0.15, 0.2) is 91.0 Å². The quantitative estimate of drug-likeness (QED) is 0.144. The van der Waals surface area contributed by atoms with E-state index in [4.69, 9.17) is 4.74 Å². The van der Waals surface area contributed by atoms with Crippen molar-refractivity contribution >= 4 is 29.4 Å². The first-order valence-corrected chi connectivity index (χ1v) is 14.5. The van der Waals surface area contributed by atoms with Gasteiger partial charge >= 0.3 is 6.09 Å². The highest BCUT2D eigenvalue weighted by Crippen LogP contribution is 2.20. The Morgan fingerprint density at radius 3 is 2.13 bits per heavy atom. The molecule has 47 heavy (non-hydrogen) atoms. The number of ketones is 1. The number of ether oxygens (including phenoxy) is 1. The number of nitrogens with zero attached hydrogens (tertiary/aromatic N) is 1. The van der Waals surface area contributed by atoms with Gasteiger partial charge in [-0.25, -0.2) is 13.6 Å². The largest absolute Gasteiger partial charge is 0.497 e. The van der Waals surface area contributed by atoms with Gasteiger partial charge in [0.05, 0.1) is 25.8 Å². The molecule has 2 atom stereocenters. The minimum Gasteiger partial charge on any atom is -0.497 e. The average molecular weight is 646 g/mol. The van der Waals surface area contributed by atoms with Crippen molar-refractivity contribution in [3.63, 3.8) is 0 Å². The number of hydrogen-bond acceptors (Lipinski definition) is 6. The molecule has 4 aromatic carbocycles. The number of rotatable bonds is 13. The van der Waals surface area contributed by atoms with E-state index >= 15 is 0 Å². The Hall–Kier alpha value is -5.62. The van der Waals surface area contributed by atoms with Gasteiger partial charge in [-0.3, -0.25) is 14.4 Å². The summed E-state index contributed by atoms with van der Waals surface area (Å²) in [6, 6.07) is 20.5. The standard InChI is InChI=1S/C35H33F2N3O7/c1-21(41)25-15-26(17-29(16-25)38-33(43)24-8-4-3-5-9-24)34(44)39-31(14-23-11-27(36)18-28(37)12-23)32(42)20-40(35(45)46)19-22-7-6-10-30(13-22)47-2/h3-13,15-18,31-32,42H,14,19-20H2,1-2H3,(H,38,43)(H,39,44)(H,45,46)/t31-,32+/m0/s1. The van der Waals surface area contributed by atoms with Crippen LogP contribution in [0.3, 0.4) is 0 Å². The molecule has 0 aromatic heterocycles. The Kier molecular flexibility index (Phi) is 11.4. The van der Waals surface area contributed by atoms with E-state index in [1.165, 1.54) is 32.2 Å². The Labute approximate surface area is 269 Å². The third-order valence-electron chi connectivity index (χ3n) is 7.24. The number of benzene rings is 4. The van der Waals surface area contributed by atoms with E-state index < -0.39 is 54.0 Å². The van der Waals surface area contributed by atoms with Crippen molar-refractivity contribution in [3.8, 4) is 5.75 Å². The van der Waals surface area contributed by atoms with Crippen molar-refractivity contribution in [1.29, 1.82) is 0 Å². The molecule has 0 saturated heterocycles. The molecule has 0 aliphatic carbocycles. The molecule has 0 radical (unpaired) electrons. The molecule has 0 saturated carbocycles. The predicted octanol–water partition coefficient (Wildman–Crippen LogP) is 5.31. The number of methoxy groups -OCH3 is 1. The van der Waals surface area contributed by atoms with Crippen LogP contribution in [0.4, 0.5) is 19.3 Å². The summed E-state index contributed by atoms with van der Waals surface area (Å²) >= 11 is 0. The number of carboxylic acid groups (broad SMARTS) is 1. The highest BCUT2D eigenvalue weighted by atomic mass is 19.1. The Morgan fingerprint density at radius 1 is 0.809 bits per heavy atom. The third kappa shape index (κ3) is 9.68. The summed E-state index contributed by atoms with van der Waals surface area (Å²) in [6.45, 7) is 0.665. The fourth-order valence-corrected chi connectivity index (χ4v) is 4.90. The van der Waals surface area contributed by atoms with Crippen molar-refractivity contribution in [2.24, 2.45) is 0 Å². The summed E-state index contributed by atoms with van der Waals surface area (Å²) in [4.78, 5) is 51.8. The lowest BCUT2D eigenvalue weighted by atomic mass is 9.99. The predicted molar refractivity (Wildman–Crippen MR) is 170 cm³/mol. The van der Waals surface area contributed by atoms with Gasteiger partial charge in [0, 0.05) is 35.0 Å². The average Bonchev–Trinajstić information content (AvgIpc) is 3.03. The number of nitrogens with one attached hydrogen (secondary N) is 2. The van der Waals surface area contributed by atoms with E-state index in [1.54, 1.807) is 54.6 Å². The smallest absolute Gasteiger partial charge is 0.407 e. The molecule has 0 aliphatic rings. The maximum atomic E-state index is 14.1. The van der Waals surface area contributed by atoms with Crippen LogP contribution in [0.2, 0.25) is 0 Å². The number of Topliss-reactive ketones (excluding diaryl/α,β-unsaturated/α-hetero) is 1. The van der Waals surface area contributed by atoms with E-state index in [2.05, 4.69) is 10.6 Å². The molecule has 10 nitrogen and oxygen atoms in total. The maximum Gasteiger partial charge on any atom is 0.407 e. The second-order valence-electron chi connectivity index (χ2n) is 10.8. The molecular formula is C35H33F2N3O7. The van der Waals surface area contributed by atoms with Gasteiger partial charge in [-0.2, -0.15) is 0 Å². The van der Waals surface area contributed by atoms with E-state index in [0.29, 0.717) is 22.9 Å². The van der Waals surface area contributed by atoms with Gasteiger partial charge in [-0.1, -0.05) is 30.3 Å². The van der Waals surface area contributed by atoms with Crippen LogP contribution < -0.4 is 15.4 Å². The lowest BCUT2D eigenvalue weighted by Gasteiger charge is -2.29. The molecule has 0 bridgehead atoms. The van der Waals surface area contributed by atoms with Gasteiger partial charge < -0.3 is 30.5 Å². The van der Waals surface area contributed by atoms with E-state index in [9.17, 15) is 38.2 Å². The molecule has 0 unspecified atom stereocenters. The second-order valence-corrected chi connectivity index (χ2v) is 10.8. The summed E-state index contributed by atoms with van der Waals surface area (Å²) in [7, 11) is 1.46. The molecule has 0 fully saturated rings. The monoisotopic (exact) mass is 645 g/mol. The van der Waals surface area contributed by atoms with Crippen LogP contribution in [0.1, 0.15) is 49.1 Å². The Bertz CT molecular complexity index is 1750. The minimum absolute atomic E-state index is 0.0600. The van der Waals surface area contributed by atoms with Gasteiger partial charge in [0.15, 0.2) is 5.78 Å². The van der Waals surface area contributed by atoms with Crippen LogP contribution in [0, 0.1) is 11.6 Å². The molecule has 244 valence electrons. The number of carbonyl (C=O) groups is 4. The summed E-state index contributed by atoms with van der Waals surface area (Å²) in [5.74, 6) is -2.92. The number of halogens is 2. The fraction of sp³-hybridized carbons (Fsp3) is 0.200. The first-order chi connectivity index (χ1) is 22.4. The molecule has 0 spiro atoms. The van der Waals surface area contributed by atoms with Gasteiger partial charge in [0.1, 0.15) is 17.4 Å². The molecule has 4 N–H and O–H groups in total. The van der Waals surface area contributed by atoms with Gasteiger partial charge in [-0.05, 0) is 79.1 Å². The zero-order chi connectivity index (χ0) is 34.1. The van der Waals surface area contributed by atoms with E-state index in [1.807, 2.05) is 0 Å². The first kappa shape index (κ1) is 34.3. The highest BCUT2D eigenvalue weighted by Gasteiger charge is 2.28. The van der Waals surface area contributed by atoms with Crippen LogP contribution >= 0.6 is 0 Å². The lowest BCUT2D eigenvalue weighted by molar-refractivity contribution is 0.0640. The number of anilines is 1. The molecule has 0 aliphatic heterocycles. The zero-order valence-corrected chi connectivity index (χ0v) is 25.6. The van der Waals surface area contributed by atoms with Crippen molar-refractivity contribution in [2.45, 2.75) is 32.0 Å². The van der Waals surface area contributed by atoms with E-state index in [-0.39, 0.29) is 35.3 Å². The second kappa shape index (κ2) is 15.6. The number of amides is 3. The summed E-state index contributed by atoms with van der Waals surface area (Å²) in [5.41, 5.74) is 1.20. The fourth-order valence-electron chi connectivity index (χ4n) is 4.90. The highest BCUT2D eigenvalue weighted by molar-refractivity contribution is 6.07. The van der Waals surface area contributed by atoms with Crippen LogP contribution in [0.25, 0.3) is 0 Å². The Balaban J connectivity index is 1.62. The topological polar surface area (TPSA) is 145 Å². The summed E-state index contributed by atoms with van der Waals surface area (Å²) in [5, 5.41) is 26.5. The number of hydrogen-bond donors (Lipinski definition) is 4.